The number of H-pyrrole nitrogens is 1. The van der Waals surface area contributed by atoms with Crippen LogP contribution >= 0.6 is 0 Å². The number of nitrogens with zero attached hydrogens (tertiary/aromatic N) is 3. The van der Waals surface area contributed by atoms with E-state index in [1.807, 2.05) is 23.1 Å². The number of amides is 1. The topological polar surface area (TPSA) is 71.0 Å². The highest BCUT2D eigenvalue weighted by Gasteiger charge is 2.45. The van der Waals surface area contributed by atoms with Crippen molar-refractivity contribution in [2.24, 2.45) is 0 Å². The first kappa shape index (κ1) is 13.3. The van der Waals surface area contributed by atoms with Crippen molar-refractivity contribution >= 4 is 11.6 Å². The van der Waals surface area contributed by atoms with Crippen LogP contribution in [0.5, 0.6) is 0 Å². The Morgan fingerprint density at radius 1 is 1.27 bits per heavy atom. The zero-order chi connectivity index (χ0) is 15.2. The van der Waals surface area contributed by atoms with Gasteiger partial charge in [-0.05, 0) is 24.5 Å². The van der Waals surface area contributed by atoms with Gasteiger partial charge in [0.25, 0.3) is 0 Å². The first-order valence-corrected chi connectivity index (χ1v) is 7.69. The molecule has 1 aliphatic carbocycles. The molecule has 0 bridgehead atoms. The standard InChI is InChI=1S/C16H18N4O2/c21-14(9-19-11-17-18-15(19)22)20-10-16(7-3-4-8-16)12-5-1-2-6-13(12)20/h1-2,5-6,11H,3-4,7-10H2,(H,18,22). The van der Waals surface area contributed by atoms with Crippen molar-refractivity contribution in [1.82, 2.24) is 14.8 Å². The number of hydrogen-bond acceptors (Lipinski definition) is 3. The fourth-order valence-electron chi connectivity index (χ4n) is 3.95. The SMILES string of the molecule is O=C(Cn1cn[nH]c1=O)N1CC2(CCCC2)c2ccccc21. The lowest BCUT2D eigenvalue weighted by Crippen LogP contribution is -2.38. The Hall–Kier alpha value is -2.37. The Bertz CT molecular complexity index is 770. The van der Waals surface area contributed by atoms with Gasteiger partial charge in [0.2, 0.25) is 5.91 Å². The predicted octanol–water partition coefficient (Wildman–Crippen LogP) is 1.43. The molecule has 1 fully saturated rings. The van der Waals surface area contributed by atoms with E-state index in [4.69, 9.17) is 0 Å². The van der Waals surface area contributed by atoms with Crippen LogP contribution in [0.15, 0.2) is 35.4 Å². The molecule has 2 aromatic rings. The number of carbonyl (C=O) groups is 1. The lowest BCUT2D eigenvalue weighted by molar-refractivity contribution is -0.119. The van der Waals surface area contributed by atoms with E-state index in [0.29, 0.717) is 0 Å². The van der Waals surface area contributed by atoms with Crippen LogP contribution < -0.4 is 10.6 Å². The zero-order valence-electron chi connectivity index (χ0n) is 12.3. The summed E-state index contributed by atoms with van der Waals surface area (Å²) in [5, 5.41) is 5.99. The Morgan fingerprint density at radius 3 is 2.77 bits per heavy atom. The Balaban J connectivity index is 1.67. The van der Waals surface area contributed by atoms with Crippen LogP contribution in [0.4, 0.5) is 5.69 Å². The summed E-state index contributed by atoms with van der Waals surface area (Å²) in [6.45, 7) is 0.761. The van der Waals surface area contributed by atoms with Gasteiger partial charge in [0.1, 0.15) is 12.9 Å². The smallest absolute Gasteiger partial charge is 0.310 e. The summed E-state index contributed by atoms with van der Waals surface area (Å²) in [5.41, 5.74) is 2.07. The summed E-state index contributed by atoms with van der Waals surface area (Å²) in [4.78, 5) is 26.1. The van der Waals surface area contributed by atoms with Crippen molar-refractivity contribution in [3.63, 3.8) is 0 Å². The van der Waals surface area contributed by atoms with E-state index in [2.05, 4.69) is 16.3 Å². The molecule has 2 heterocycles. The number of fused-ring (bicyclic) bond motifs is 2. The average molecular weight is 298 g/mol. The molecular formula is C16H18N4O2. The molecule has 22 heavy (non-hydrogen) atoms. The Kier molecular flexibility index (Phi) is 2.92. The molecule has 0 unspecified atom stereocenters. The third kappa shape index (κ3) is 1.90. The minimum atomic E-state index is -0.351. The van der Waals surface area contributed by atoms with E-state index in [-0.39, 0.29) is 23.6 Å². The molecule has 1 aromatic heterocycles. The Labute approximate surface area is 127 Å². The van der Waals surface area contributed by atoms with Gasteiger partial charge in [-0.15, -0.1) is 0 Å². The molecule has 114 valence electrons. The van der Waals surface area contributed by atoms with Gasteiger partial charge in [0.05, 0.1) is 0 Å². The van der Waals surface area contributed by atoms with E-state index in [1.54, 1.807) is 0 Å². The van der Waals surface area contributed by atoms with E-state index in [1.165, 1.54) is 29.3 Å². The van der Waals surface area contributed by atoms with E-state index in [9.17, 15) is 9.59 Å². The van der Waals surface area contributed by atoms with Crippen LogP contribution in [0.1, 0.15) is 31.2 Å². The molecular weight excluding hydrogens is 280 g/mol. The van der Waals surface area contributed by atoms with Crippen molar-refractivity contribution in [2.75, 3.05) is 11.4 Å². The molecule has 0 radical (unpaired) electrons. The number of hydrogen-bond donors (Lipinski definition) is 1. The summed E-state index contributed by atoms with van der Waals surface area (Å²) in [7, 11) is 0. The number of aromatic amines is 1. The summed E-state index contributed by atoms with van der Waals surface area (Å²) < 4.78 is 1.31. The number of anilines is 1. The van der Waals surface area contributed by atoms with Crippen LogP contribution in [-0.4, -0.2) is 27.2 Å². The highest BCUT2D eigenvalue weighted by Crippen LogP contribution is 2.50. The first-order chi connectivity index (χ1) is 10.7. The number of aromatic nitrogens is 3. The largest absolute Gasteiger partial charge is 0.343 e. The summed E-state index contributed by atoms with van der Waals surface area (Å²) in [6.07, 6.45) is 6.08. The molecule has 1 aliphatic heterocycles. The van der Waals surface area contributed by atoms with Crippen LogP contribution in [0.25, 0.3) is 0 Å². The van der Waals surface area contributed by atoms with Gasteiger partial charge in [0, 0.05) is 17.6 Å². The van der Waals surface area contributed by atoms with Gasteiger partial charge >= 0.3 is 5.69 Å². The Morgan fingerprint density at radius 2 is 2.05 bits per heavy atom. The van der Waals surface area contributed by atoms with Gasteiger partial charge < -0.3 is 4.90 Å². The lowest BCUT2D eigenvalue weighted by atomic mass is 9.81. The normalized spacial score (nSPS) is 18.8. The summed E-state index contributed by atoms with van der Waals surface area (Å²) >= 11 is 0. The minimum absolute atomic E-state index is 0.0275. The number of para-hydroxylation sites is 1. The van der Waals surface area contributed by atoms with Crippen molar-refractivity contribution in [2.45, 2.75) is 37.6 Å². The first-order valence-electron chi connectivity index (χ1n) is 7.69. The van der Waals surface area contributed by atoms with Crippen molar-refractivity contribution < 1.29 is 4.79 Å². The average Bonchev–Trinajstić information content (AvgIpc) is 3.23. The second-order valence-corrected chi connectivity index (χ2v) is 6.27. The molecule has 4 rings (SSSR count). The summed E-state index contributed by atoms with van der Waals surface area (Å²) in [5.74, 6) is -0.0558. The molecule has 0 saturated heterocycles. The third-order valence-corrected chi connectivity index (χ3v) is 5.01. The molecule has 2 aliphatic rings. The highest BCUT2D eigenvalue weighted by molar-refractivity contribution is 5.96. The maximum atomic E-state index is 12.7. The monoisotopic (exact) mass is 298 g/mol. The fraction of sp³-hybridized carbons (Fsp3) is 0.438. The highest BCUT2D eigenvalue weighted by atomic mass is 16.2. The van der Waals surface area contributed by atoms with Crippen LogP contribution in [0.2, 0.25) is 0 Å². The number of nitrogens with one attached hydrogen (secondary N) is 1. The molecule has 6 heteroatoms. The van der Waals surface area contributed by atoms with Gasteiger partial charge in [-0.1, -0.05) is 31.0 Å². The number of carbonyl (C=O) groups excluding carboxylic acids is 1. The van der Waals surface area contributed by atoms with E-state index < -0.39 is 0 Å². The molecule has 1 N–H and O–H groups in total. The van der Waals surface area contributed by atoms with Crippen molar-refractivity contribution in [1.29, 1.82) is 0 Å². The van der Waals surface area contributed by atoms with Gasteiger partial charge in [-0.25, -0.2) is 9.89 Å². The second-order valence-electron chi connectivity index (χ2n) is 6.27. The molecule has 1 aromatic carbocycles. The second kappa shape index (κ2) is 4.83. The maximum absolute atomic E-state index is 12.7. The van der Waals surface area contributed by atoms with Gasteiger partial charge in [0.15, 0.2) is 0 Å². The summed E-state index contributed by atoms with van der Waals surface area (Å²) in [6, 6.07) is 8.18. The molecule has 1 saturated carbocycles. The van der Waals surface area contributed by atoms with Gasteiger partial charge in [-0.3, -0.25) is 9.36 Å². The fourth-order valence-corrected chi connectivity index (χ4v) is 3.95. The molecule has 6 nitrogen and oxygen atoms in total. The van der Waals surface area contributed by atoms with Crippen LogP contribution in [0.3, 0.4) is 0 Å². The van der Waals surface area contributed by atoms with Crippen molar-refractivity contribution in [3.05, 3.63) is 46.6 Å². The third-order valence-electron chi connectivity index (χ3n) is 5.01. The van der Waals surface area contributed by atoms with E-state index >= 15 is 0 Å². The number of benzene rings is 1. The molecule has 0 atom stereocenters. The quantitative estimate of drug-likeness (QED) is 0.911. The van der Waals surface area contributed by atoms with Crippen molar-refractivity contribution in [3.8, 4) is 0 Å². The number of rotatable bonds is 2. The van der Waals surface area contributed by atoms with Crippen LogP contribution in [-0.2, 0) is 16.8 Å². The molecule has 1 amide bonds. The minimum Gasteiger partial charge on any atom is -0.310 e. The zero-order valence-corrected chi connectivity index (χ0v) is 12.3. The maximum Gasteiger partial charge on any atom is 0.343 e. The van der Waals surface area contributed by atoms with E-state index in [0.717, 1.165) is 25.1 Å². The molecule has 1 spiro atoms. The predicted molar refractivity (Wildman–Crippen MR) is 81.8 cm³/mol. The lowest BCUT2D eigenvalue weighted by Gasteiger charge is -2.24. The van der Waals surface area contributed by atoms with Gasteiger partial charge in [-0.2, -0.15) is 5.10 Å². The van der Waals surface area contributed by atoms with Crippen LogP contribution in [0, 0.1) is 0 Å².